The predicted octanol–water partition coefficient (Wildman–Crippen LogP) is 10.0. The summed E-state index contributed by atoms with van der Waals surface area (Å²) in [6.45, 7) is 0. The summed E-state index contributed by atoms with van der Waals surface area (Å²) in [4.78, 5) is 15.1. The molecule has 7 rings (SSSR count). The summed E-state index contributed by atoms with van der Waals surface area (Å²) >= 11 is 0. The van der Waals surface area contributed by atoms with Gasteiger partial charge in [0.15, 0.2) is 0 Å². The maximum atomic E-state index is 11.8. The minimum absolute atomic E-state index is 0.00887. The van der Waals surface area contributed by atoms with E-state index in [1.54, 1.807) is 12.1 Å². The van der Waals surface area contributed by atoms with E-state index < -0.39 is 0 Å². The van der Waals surface area contributed by atoms with Gasteiger partial charge < -0.3 is 9.40 Å². The zero-order chi connectivity index (χ0) is 27.8. The van der Waals surface area contributed by atoms with E-state index >= 15 is 0 Å². The van der Waals surface area contributed by atoms with Crippen LogP contribution in [0.15, 0.2) is 144 Å². The van der Waals surface area contributed by atoms with Crippen LogP contribution in [0.5, 0.6) is 0 Å². The molecule has 0 aliphatic carbocycles. The third-order valence-electron chi connectivity index (χ3n) is 7.34. The van der Waals surface area contributed by atoms with E-state index in [1.807, 2.05) is 84.9 Å². The number of nitrogens with one attached hydrogen (secondary N) is 1. The first kappa shape index (κ1) is 24.4. The van der Waals surface area contributed by atoms with Crippen molar-refractivity contribution >= 4 is 16.6 Å². The van der Waals surface area contributed by atoms with Crippen molar-refractivity contribution < 1.29 is 9.34 Å². The minimum Gasteiger partial charge on any atom is -0.455 e. The number of nitro groups is 1. The van der Waals surface area contributed by atoms with Gasteiger partial charge in [-0.15, -0.1) is 0 Å². The average molecular weight is 533 g/mol. The van der Waals surface area contributed by atoms with Gasteiger partial charge in [-0.1, -0.05) is 121 Å². The number of nitrogens with zero attached hydrogens (tertiary/aromatic N) is 1. The van der Waals surface area contributed by atoms with Gasteiger partial charge in [0.1, 0.15) is 11.5 Å². The fourth-order valence-corrected chi connectivity index (χ4v) is 5.53. The first-order chi connectivity index (χ1) is 20.2. The lowest BCUT2D eigenvalue weighted by atomic mass is 9.89. The number of furan rings is 1. The number of aromatic amines is 1. The van der Waals surface area contributed by atoms with E-state index in [1.165, 1.54) is 6.07 Å². The molecule has 1 N–H and O–H groups in total. The number of benzene rings is 5. The minimum atomic E-state index is -0.372. The number of para-hydroxylation sites is 1. The molecule has 0 radical (unpaired) electrons. The van der Waals surface area contributed by atoms with Crippen LogP contribution < -0.4 is 0 Å². The molecule has 0 unspecified atom stereocenters. The number of fused-ring (bicyclic) bond motifs is 1. The summed E-state index contributed by atoms with van der Waals surface area (Å²) in [5.74, 6) is 1.28. The van der Waals surface area contributed by atoms with Gasteiger partial charge in [0, 0.05) is 50.9 Å². The molecule has 0 spiro atoms. The van der Waals surface area contributed by atoms with E-state index in [9.17, 15) is 10.1 Å². The Bertz CT molecular complexity index is 2010. The Kier molecular flexibility index (Phi) is 6.02. The second-order valence-corrected chi connectivity index (χ2v) is 9.84. The Morgan fingerprint density at radius 1 is 0.537 bits per heavy atom. The van der Waals surface area contributed by atoms with Gasteiger partial charge in [0.25, 0.3) is 5.69 Å². The summed E-state index contributed by atoms with van der Waals surface area (Å²) in [7, 11) is 0. The number of nitro benzene ring substituents is 1. The van der Waals surface area contributed by atoms with Gasteiger partial charge in [-0.3, -0.25) is 10.1 Å². The van der Waals surface area contributed by atoms with Gasteiger partial charge in [-0.2, -0.15) is 0 Å². The number of aromatic nitrogens is 1. The summed E-state index contributed by atoms with van der Waals surface area (Å²) in [6.07, 6.45) is 0. The van der Waals surface area contributed by atoms with Crippen LogP contribution in [0.3, 0.4) is 0 Å². The zero-order valence-corrected chi connectivity index (χ0v) is 22.0. The molecule has 5 heteroatoms. The van der Waals surface area contributed by atoms with Gasteiger partial charge in [-0.25, -0.2) is 0 Å². The maximum absolute atomic E-state index is 11.8. The molecule has 0 bridgehead atoms. The van der Waals surface area contributed by atoms with Crippen LogP contribution in [0.25, 0.3) is 67.1 Å². The smallest absolute Gasteiger partial charge is 0.270 e. The molecule has 0 aliphatic rings. The lowest BCUT2D eigenvalue weighted by molar-refractivity contribution is -0.384. The molecule has 0 saturated heterocycles. The Hall–Kier alpha value is -5.68. The lowest BCUT2D eigenvalue weighted by Gasteiger charge is -2.11. The van der Waals surface area contributed by atoms with Crippen molar-refractivity contribution in [3.63, 3.8) is 0 Å². The lowest BCUT2D eigenvalue weighted by Crippen LogP contribution is -1.90. The Morgan fingerprint density at radius 3 is 1.78 bits per heavy atom. The first-order valence-electron chi connectivity index (χ1n) is 13.4. The van der Waals surface area contributed by atoms with Gasteiger partial charge in [0.05, 0.1) is 10.6 Å². The fourth-order valence-electron chi connectivity index (χ4n) is 5.53. The number of hydrogen-bond donors (Lipinski definition) is 1. The molecule has 2 aromatic heterocycles. The van der Waals surface area contributed by atoms with Crippen LogP contribution in [-0.4, -0.2) is 9.91 Å². The maximum Gasteiger partial charge on any atom is 0.270 e. The monoisotopic (exact) mass is 532 g/mol. The molecule has 0 atom stereocenters. The molecule has 5 nitrogen and oxygen atoms in total. The van der Waals surface area contributed by atoms with Crippen LogP contribution in [0.4, 0.5) is 5.69 Å². The van der Waals surface area contributed by atoms with Crippen molar-refractivity contribution in [1.82, 2.24) is 4.98 Å². The standard InChI is InChI=1S/C36H24N2O3/c39-38(40)28-20-12-19-27(23-28)36-33(31(24-13-4-1-5-14-24)35(41-36)26-17-8-3-9-18-26)32-29-21-10-11-22-30(29)37-34(32)25-15-6-2-7-16-25/h1-23,37H. The molecule has 41 heavy (non-hydrogen) atoms. The topological polar surface area (TPSA) is 72.1 Å². The normalized spacial score (nSPS) is 11.1. The number of rotatable bonds is 6. The SMILES string of the molecule is O=[N+]([O-])c1cccc(-c2oc(-c3ccccc3)c(-c3ccccc3)c2-c2c(-c3ccccc3)[nH]c3ccccc23)c1. The van der Waals surface area contributed by atoms with Crippen molar-refractivity contribution in [2.75, 3.05) is 0 Å². The highest BCUT2D eigenvalue weighted by molar-refractivity contribution is 6.12. The van der Waals surface area contributed by atoms with E-state index in [2.05, 4.69) is 41.4 Å². The molecule has 196 valence electrons. The number of non-ortho nitro benzene ring substituents is 1. The number of H-pyrrole nitrogens is 1. The molecule has 2 heterocycles. The third-order valence-corrected chi connectivity index (χ3v) is 7.34. The molecular formula is C36H24N2O3. The quantitative estimate of drug-likeness (QED) is 0.171. The predicted molar refractivity (Wildman–Crippen MR) is 164 cm³/mol. The summed E-state index contributed by atoms with van der Waals surface area (Å²) in [6, 6.07) is 45.3. The van der Waals surface area contributed by atoms with E-state index in [0.29, 0.717) is 17.1 Å². The molecule has 0 aliphatic heterocycles. The Labute approximate surface area is 236 Å². The molecule has 5 aromatic carbocycles. The largest absolute Gasteiger partial charge is 0.455 e. The van der Waals surface area contributed by atoms with E-state index in [4.69, 9.17) is 4.42 Å². The average Bonchev–Trinajstić information content (AvgIpc) is 3.61. The van der Waals surface area contributed by atoms with Crippen molar-refractivity contribution in [3.05, 3.63) is 150 Å². The van der Waals surface area contributed by atoms with E-state index in [-0.39, 0.29) is 10.6 Å². The van der Waals surface area contributed by atoms with Crippen LogP contribution in [-0.2, 0) is 0 Å². The number of hydrogen-bond acceptors (Lipinski definition) is 3. The molecule has 7 aromatic rings. The molecular weight excluding hydrogens is 508 g/mol. The summed E-state index contributed by atoms with van der Waals surface area (Å²) < 4.78 is 6.83. The van der Waals surface area contributed by atoms with Crippen LogP contribution in [0, 0.1) is 10.1 Å². The van der Waals surface area contributed by atoms with Crippen molar-refractivity contribution in [2.45, 2.75) is 0 Å². The highest BCUT2D eigenvalue weighted by atomic mass is 16.6. The van der Waals surface area contributed by atoms with Crippen LogP contribution in [0.1, 0.15) is 0 Å². The third kappa shape index (κ3) is 4.30. The Balaban J connectivity index is 1.67. The van der Waals surface area contributed by atoms with E-state index in [0.717, 1.165) is 50.0 Å². The molecule has 0 fully saturated rings. The summed E-state index contributed by atoms with van der Waals surface area (Å²) in [5, 5.41) is 12.8. The van der Waals surface area contributed by atoms with Gasteiger partial charge in [0.2, 0.25) is 0 Å². The van der Waals surface area contributed by atoms with Crippen LogP contribution >= 0.6 is 0 Å². The van der Waals surface area contributed by atoms with Gasteiger partial charge >= 0.3 is 0 Å². The zero-order valence-electron chi connectivity index (χ0n) is 22.0. The second kappa shape index (κ2) is 10.1. The molecule has 0 amide bonds. The van der Waals surface area contributed by atoms with Crippen molar-refractivity contribution in [3.8, 4) is 56.2 Å². The second-order valence-electron chi connectivity index (χ2n) is 9.84. The van der Waals surface area contributed by atoms with Gasteiger partial charge in [-0.05, 0) is 17.2 Å². The van der Waals surface area contributed by atoms with Crippen molar-refractivity contribution in [1.29, 1.82) is 0 Å². The first-order valence-corrected chi connectivity index (χ1v) is 13.4. The highest BCUT2D eigenvalue weighted by Crippen LogP contribution is 2.52. The van der Waals surface area contributed by atoms with Crippen LogP contribution in [0.2, 0.25) is 0 Å². The highest BCUT2D eigenvalue weighted by Gasteiger charge is 2.29. The summed E-state index contributed by atoms with van der Waals surface area (Å²) in [5.41, 5.74) is 8.34. The molecule has 0 saturated carbocycles. The fraction of sp³-hybridized carbons (Fsp3) is 0. The Morgan fingerprint density at radius 2 is 1.10 bits per heavy atom. The van der Waals surface area contributed by atoms with Crippen molar-refractivity contribution in [2.24, 2.45) is 0 Å².